The van der Waals surface area contributed by atoms with Crippen LogP contribution >= 0.6 is 11.3 Å². The molecular weight excluding hydrogens is 436 g/mol. The molecule has 0 bridgehead atoms. The van der Waals surface area contributed by atoms with Gasteiger partial charge in [-0.2, -0.15) is 0 Å². The standard InChI is InChI=1S/C25H26N4O3S/c1-4-32-19-8-5-7-17(11-19)24-28-22(15-29(24)14-16(2)3)27-23-20(25(30)31)12-18(13-26-23)21-9-6-10-33-21/h5-13,15-16H,4,14H2,1-3H3,(H,26,27)(H,30,31). The Morgan fingerprint density at radius 2 is 2.06 bits per heavy atom. The quantitative estimate of drug-likeness (QED) is 0.309. The van der Waals surface area contributed by atoms with Crippen molar-refractivity contribution in [1.82, 2.24) is 14.5 Å². The predicted molar refractivity (Wildman–Crippen MR) is 131 cm³/mol. The molecule has 0 saturated heterocycles. The highest BCUT2D eigenvalue weighted by molar-refractivity contribution is 7.13. The number of aromatic carboxylic acids is 1. The molecule has 0 fully saturated rings. The van der Waals surface area contributed by atoms with Gasteiger partial charge in [-0.25, -0.2) is 14.8 Å². The van der Waals surface area contributed by atoms with E-state index in [2.05, 4.69) is 28.7 Å². The van der Waals surface area contributed by atoms with Crippen LogP contribution < -0.4 is 10.1 Å². The molecule has 0 aliphatic rings. The molecule has 3 aromatic heterocycles. The summed E-state index contributed by atoms with van der Waals surface area (Å²) in [5, 5.41) is 14.9. The van der Waals surface area contributed by atoms with Gasteiger partial charge in [0, 0.05) is 34.9 Å². The lowest BCUT2D eigenvalue weighted by molar-refractivity contribution is 0.0697. The van der Waals surface area contributed by atoms with E-state index in [1.807, 2.05) is 54.9 Å². The molecule has 170 valence electrons. The first-order chi connectivity index (χ1) is 15.9. The minimum Gasteiger partial charge on any atom is -0.494 e. The van der Waals surface area contributed by atoms with Crippen LogP contribution in [-0.4, -0.2) is 32.2 Å². The minimum absolute atomic E-state index is 0.0965. The Morgan fingerprint density at radius 3 is 2.76 bits per heavy atom. The highest BCUT2D eigenvalue weighted by atomic mass is 32.1. The summed E-state index contributed by atoms with van der Waals surface area (Å²) >= 11 is 1.54. The fourth-order valence-electron chi connectivity index (χ4n) is 3.56. The van der Waals surface area contributed by atoms with E-state index in [1.54, 1.807) is 23.6 Å². The first-order valence-electron chi connectivity index (χ1n) is 10.8. The van der Waals surface area contributed by atoms with Crippen molar-refractivity contribution >= 4 is 28.9 Å². The maximum Gasteiger partial charge on any atom is 0.339 e. The second kappa shape index (κ2) is 9.87. The molecular formula is C25H26N4O3S. The van der Waals surface area contributed by atoms with Crippen LogP contribution in [0.3, 0.4) is 0 Å². The van der Waals surface area contributed by atoms with Crippen LogP contribution in [-0.2, 0) is 6.54 Å². The second-order valence-corrected chi connectivity index (χ2v) is 8.93. The molecule has 3 heterocycles. The van der Waals surface area contributed by atoms with E-state index in [0.717, 1.165) is 34.1 Å². The van der Waals surface area contributed by atoms with Crippen LogP contribution in [0.4, 0.5) is 11.6 Å². The van der Waals surface area contributed by atoms with Crippen molar-refractivity contribution in [2.45, 2.75) is 27.3 Å². The molecule has 0 unspecified atom stereocenters. The summed E-state index contributed by atoms with van der Waals surface area (Å²) in [5.74, 6) is 1.70. The van der Waals surface area contributed by atoms with Crippen molar-refractivity contribution in [3.05, 3.63) is 65.8 Å². The number of thiophene rings is 1. The molecule has 4 aromatic rings. The van der Waals surface area contributed by atoms with Gasteiger partial charge in [-0.05, 0) is 42.5 Å². The molecule has 8 heteroatoms. The van der Waals surface area contributed by atoms with Crippen molar-refractivity contribution < 1.29 is 14.6 Å². The Morgan fingerprint density at radius 1 is 1.21 bits per heavy atom. The van der Waals surface area contributed by atoms with Crippen molar-refractivity contribution in [3.8, 4) is 27.6 Å². The van der Waals surface area contributed by atoms with Gasteiger partial charge in [-0.3, -0.25) is 0 Å². The number of nitrogens with one attached hydrogen (secondary N) is 1. The van der Waals surface area contributed by atoms with E-state index >= 15 is 0 Å². The molecule has 0 amide bonds. The summed E-state index contributed by atoms with van der Waals surface area (Å²) in [7, 11) is 0. The maximum absolute atomic E-state index is 12.0. The van der Waals surface area contributed by atoms with E-state index in [0.29, 0.717) is 18.3 Å². The summed E-state index contributed by atoms with van der Waals surface area (Å²) in [6.07, 6.45) is 3.57. The average Bonchev–Trinajstić information content (AvgIpc) is 3.44. The van der Waals surface area contributed by atoms with Crippen LogP contribution in [0.1, 0.15) is 31.1 Å². The Balaban J connectivity index is 1.70. The third-order valence-electron chi connectivity index (χ3n) is 4.91. The number of anilines is 2. The summed E-state index contributed by atoms with van der Waals surface area (Å²) in [5.41, 5.74) is 1.79. The highest BCUT2D eigenvalue weighted by Gasteiger charge is 2.17. The molecule has 0 radical (unpaired) electrons. The van der Waals surface area contributed by atoms with Crippen LogP contribution in [0.25, 0.3) is 21.8 Å². The number of nitrogens with zero attached hydrogens (tertiary/aromatic N) is 3. The highest BCUT2D eigenvalue weighted by Crippen LogP contribution is 2.30. The van der Waals surface area contributed by atoms with Gasteiger partial charge in [-0.15, -0.1) is 11.3 Å². The van der Waals surface area contributed by atoms with Gasteiger partial charge in [0.2, 0.25) is 0 Å². The number of hydrogen-bond acceptors (Lipinski definition) is 6. The Labute approximate surface area is 196 Å². The van der Waals surface area contributed by atoms with Crippen molar-refractivity contribution in [2.75, 3.05) is 11.9 Å². The van der Waals surface area contributed by atoms with E-state index < -0.39 is 5.97 Å². The Kier molecular flexibility index (Phi) is 6.74. The second-order valence-electron chi connectivity index (χ2n) is 7.98. The number of benzene rings is 1. The molecule has 0 aliphatic carbocycles. The topological polar surface area (TPSA) is 89.3 Å². The number of carbonyl (C=O) groups is 1. The minimum atomic E-state index is -1.05. The molecule has 0 spiro atoms. The molecule has 0 atom stereocenters. The predicted octanol–water partition coefficient (Wildman–Crippen LogP) is 6.17. The summed E-state index contributed by atoms with van der Waals surface area (Å²) < 4.78 is 7.72. The number of pyridine rings is 1. The van der Waals surface area contributed by atoms with Crippen molar-refractivity contribution in [3.63, 3.8) is 0 Å². The zero-order chi connectivity index (χ0) is 23.4. The maximum atomic E-state index is 12.0. The van der Waals surface area contributed by atoms with Gasteiger partial charge < -0.3 is 19.7 Å². The third kappa shape index (κ3) is 5.23. The molecule has 0 aliphatic heterocycles. The monoisotopic (exact) mass is 462 g/mol. The first kappa shape index (κ1) is 22.5. The largest absolute Gasteiger partial charge is 0.494 e. The number of aromatic nitrogens is 3. The van der Waals surface area contributed by atoms with E-state index in [1.165, 1.54) is 0 Å². The number of imidazole rings is 1. The lowest BCUT2D eigenvalue weighted by Gasteiger charge is -2.11. The molecule has 7 nitrogen and oxygen atoms in total. The van der Waals surface area contributed by atoms with Crippen LogP contribution in [0.5, 0.6) is 5.75 Å². The molecule has 33 heavy (non-hydrogen) atoms. The first-order valence-corrected chi connectivity index (χ1v) is 11.7. The van der Waals surface area contributed by atoms with Crippen molar-refractivity contribution in [1.29, 1.82) is 0 Å². The third-order valence-corrected chi connectivity index (χ3v) is 5.83. The number of carboxylic acid groups (broad SMARTS) is 1. The zero-order valence-electron chi connectivity index (χ0n) is 18.8. The SMILES string of the molecule is CCOc1cccc(-c2nc(Nc3ncc(-c4cccs4)cc3C(=O)O)cn2CC(C)C)c1. The molecule has 2 N–H and O–H groups in total. The van der Waals surface area contributed by atoms with Gasteiger partial charge in [-0.1, -0.05) is 32.0 Å². The fourth-order valence-corrected chi connectivity index (χ4v) is 4.27. The summed E-state index contributed by atoms with van der Waals surface area (Å²) in [6, 6.07) is 13.3. The molecule has 4 rings (SSSR count). The van der Waals surface area contributed by atoms with Gasteiger partial charge >= 0.3 is 5.97 Å². The van der Waals surface area contributed by atoms with Crippen LogP contribution in [0, 0.1) is 5.92 Å². The smallest absolute Gasteiger partial charge is 0.339 e. The molecule has 1 aromatic carbocycles. The number of hydrogen-bond donors (Lipinski definition) is 2. The summed E-state index contributed by atoms with van der Waals surface area (Å²) in [6.45, 7) is 7.58. The zero-order valence-corrected chi connectivity index (χ0v) is 19.6. The lowest BCUT2D eigenvalue weighted by atomic mass is 10.1. The average molecular weight is 463 g/mol. The van der Waals surface area contributed by atoms with Gasteiger partial charge in [0.1, 0.15) is 28.8 Å². The Bertz CT molecular complexity index is 1250. The number of rotatable bonds is 9. The van der Waals surface area contributed by atoms with E-state index in [9.17, 15) is 9.90 Å². The fraction of sp³-hybridized carbons (Fsp3) is 0.240. The number of ether oxygens (including phenoxy) is 1. The lowest BCUT2D eigenvalue weighted by Crippen LogP contribution is -2.06. The Hall–Kier alpha value is -3.65. The summed E-state index contributed by atoms with van der Waals surface area (Å²) in [4.78, 5) is 22.1. The van der Waals surface area contributed by atoms with E-state index in [-0.39, 0.29) is 11.4 Å². The number of carboxylic acids is 1. The van der Waals surface area contributed by atoms with Gasteiger partial charge in [0.25, 0.3) is 0 Å². The van der Waals surface area contributed by atoms with Gasteiger partial charge in [0.05, 0.1) is 6.61 Å². The van der Waals surface area contributed by atoms with Gasteiger partial charge in [0.15, 0.2) is 0 Å². The van der Waals surface area contributed by atoms with Crippen molar-refractivity contribution in [2.24, 2.45) is 5.92 Å². The van der Waals surface area contributed by atoms with Crippen LogP contribution in [0.2, 0.25) is 0 Å². The molecule has 0 saturated carbocycles. The normalized spacial score (nSPS) is 11.0. The van der Waals surface area contributed by atoms with Crippen LogP contribution in [0.15, 0.2) is 60.2 Å². The van der Waals surface area contributed by atoms with E-state index in [4.69, 9.17) is 9.72 Å².